The maximum atomic E-state index is 13.0. The highest BCUT2D eigenvalue weighted by molar-refractivity contribution is 7.18. The fraction of sp³-hybridized carbons (Fsp3) is 0.400. The second-order valence-electron chi connectivity index (χ2n) is 7.20. The van der Waals surface area contributed by atoms with Gasteiger partial charge in [0.2, 0.25) is 0 Å². The maximum Gasteiger partial charge on any atom is 0.416 e. The van der Waals surface area contributed by atoms with Crippen LogP contribution in [-0.2, 0) is 17.5 Å². The zero-order valence-electron chi connectivity index (χ0n) is 17.5. The number of esters is 1. The molecule has 0 bridgehead atoms. The third-order valence-corrected chi connectivity index (χ3v) is 6.24. The van der Waals surface area contributed by atoms with Crippen LogP contribution in [0.4, 0.5) is 29.5 Å². The number of nitriles is 1. The summed E-state index contributed by atoms with van der Waals surface area (Å²) in [5.74, 6) is -0.565. The highest BCUT2D eigenvalue weighted by atomic mass is 32.1. The summed E-state index contributed by atoms with van der Waals surface area (Å²) in [4.78, 5) is 26.7. The Bertz CT molecular complexity index is 1100. The Morgan fingerprint density at radius 1 is 1.33 bits per heavy atom. The summed E-state index contributed by atoms with van der Waals surface area (Å²) in [7, 11) is 0. The molecular weight excluding hydrogens is 463 g/mol. The molecule has 0 saturated carbocycles. The number of thiophene rings is 1. The van der Waals surface area contributed by atoms with Gasteiger partial charge in [-0.05, 0) is 19.1 Å². The third kappa shape index (κ3) is 5.18. The van der Waals surface area contributed by atoms with E-state index >= 15 is 0 Å². The lowest BCUT2D eigenvalue weighted by atomic mass is 10.1. The fourth-order valence-electron chi connectivity index (χ4n) is 3.60. The number of nitrogen functional groups attached to an aromatic ring is 1. The molecule has 1 aliphatic heterocycles. The van der Waals surface area contributed by atoms with E-state index in [0.717, 1.165) is 23.5 Å². The van der Waals surface area contributed by atoms with Crippen molar-refractivity contribution in [1.82, 2.24) is 4.90 Å². The summed E-state index contributed by atoms with van der Waals surface area (Å²) in [6.45, 7) is 3.50. The molecule has 0 atom stereocenters. The van der Waals surface area contributed by atoms with E-state index in [1.807, 2.05) is 11.0 Å². The van der Waals surface area contributed by atoms with Crippen molar-refractivity contribution < 1.29 is 27.6 Å². The van der Waals surface area contributed by atoms with E-state index < -0.39 is 28.3 Å². The summed E-state index contributed by atoms with van der Waals surface area (Å²) in [5, 5.41) is 21.1. The van der Waals surface area contributed by atoms with E-state index in [0.29, 0.717) is 37.8 Å². The van der Waals surface area contributed by atoms with Crippen LogP contribution in [0, 0.1) is 21.4 Å². The number of carbonyl (C=O) groups excluding carboxylic acids is 1. The standard InChI is InChI=1S/C20H20F3N5O4S/c1-2-32-19(29)17-14(13(10-24)18(25)33-17)11-26-5-7-27(8-6-26)15-4-3-12(20(21,22)23)9-16(15)28(30)31/h3-4,9H,2,5-8,11,25H2,1H3. The predicted molar refractivity (Wildman–Crippen MR) is 115 cm³/mol. The van der Waals surface area contributed by atoms with E-state index in [1.54, 1.807) is 11.8 Å². The van der Waals surface area contributed by atoms with E-state index in [-0.39, 0.29) is 34.3 Å². The second-order valence-corrected chi connectivity index (χ2v) is 8.26. The molecule has 2 N–H and O–H groups in total. The first kappa shape index (κ1) is 24.3. The molecule has 0 unspecified atom stereocenters. The van der Waals surface area contributed by atoms with E-state index in [4.69, 9.17) is 10.5 Å². The molecule has 1 aromatic heterocycles. The molecule has 0 aliphatic carbocycles. The highest BCUT2D eigenvalue weighted by Gasteiger charge is 2.34. The van der Waals surface area contributed by atoms with Crippen LogP contribution >= 0.6 is 11.3 Å². The van der Waals surface area contributed by atoms with E-state index in [1.165, 1.54) is 0 Å². The number of alkyl halides is 3. The number of benzene rings is 1. The Morgan fingerprint density at radius 3 is 2.55 bits per heavy atom. The number of hydrogen-bond donors (Lipinski definition) is 1. The largest absolute Gasteiger partial charge is 0.462 e. The van der Waals surface area contributed by atoms with Gasteiger partial charge < -0.3 is 15.4 Å². The molecule has 2 aromatic rings. The summed E-state index contributed by atoms with van der Waals surface area (Å²) < 4.78 is 43.9. The topological polar surface area (TPSA) is 126 Å². The number of halogens is 3. The minimum absolute atomic E-state index is 0.109. The zero-order chi connectivity index (χ0) is 24.3. The molecule has 176 valence electrons. The Hall–Kier alpha value is -3.37. The number of carbonyl (C=O) groups is 1. The van der Waals surface area contributed by atoms with Crippen LogP contribution < -0.4 is 10.6 Å². The number of nitro groups is 1. The number of hydrogen-bond acceptors (Lipinski definition) is 9. The Balaban J connectivity index is 1.77. The van der Waals surface area contributed by atoms with Crippen molar-refractivity contribution in [2.75, 3.05) is 43.4 Å². The average molecular weight is 483 g/mol. The summed E-state index contributed by atoms with van der Waals surface area (Å²) in [6, 6.07) is 4.50. The van der Waals surface area contributed by atoms with Crippen LogP contribution in [-0.4, -0.2) is 48.6 Å². The van der Waals surface area contributed by atoms with Gasteiger partial charge in [-0.3, -0.25) is 15.0 Å². The molecule has 3 rings (SSSR count). The maximum absolute atomic E-state index is 13.0. The van der Waals surface area contributed by atoms with Gasteiger partial charge >= 0.3 is 12.1 Å². The molecule has 1 aromatic carbocycles. The van der Waals surface area contributed by atoms with Crippen molar-refractivity contribution in [1.29, 1.82) is 5.26 Å². The molecule has 0 radical (unpaired) electrons. The summed E-state index contributed by atoms with van der Waals surface area (Å²) in [5.41, 5.74) is 4.99. The Labute approximate surface area is 190 Å². The van der Waals surface area contributed by atoms with Gasteiger partial charge in [-0.15, -0.1) is 11.3 Å². The first-order valence-corrected chi connectivity index (χ1v) is 10.7. The first-order valence-electron chi connectivity index (χ1n) is 9.88. The number of nitrogens with two attached hydrogens (primary N) is 1. The lowest BCUT2D eigenvalue weighted by Gasteiger charge is -2.36. The first-order chi connectivity index (χ1) is 15.6. The zero-order valence-corrected chi connectivity index (χ0v) is 18.3. The van der Waals surface area contributed by atoms with Gasteiger partial charge in [0.15, 0.2) is 0 Å². The summed E-state index contributed by atoms with van der Waals surface area (Å²) in [6.07, 6.45) is -4.68. The van der Waals surface area contributed by atoms with Gasteiger partial charge in [-0.1, -0.05) is 0 Å². The van der Waals surface area contributed by atoms with Crippen LogP contribution in [0.25, 0.3) is 0 Å². The molecule has 2 heterocycles. The van der Waals surface area contributed by atoms with Gasteiger partial charge in [0.1, 0.15) is 21.6 Å². The van der Waals surface area contributed by atoms with Crippen molar-refractivity contribution >= 4 is 33.7 Å². The summed E-state index contributed by atoms with van der Waals surface area (Å²) >= 11 is 0.985. The number of ether oxygens (including phenoxy) is 1. The highest BCUT2D eigenvalue weighted by Crippen LogP contribution is 2.37. The van der Waals surface area contributed by atoms with Crippen molar-refractivity contribution in [2.45, 2.75) is 19.6 Å². The van der Waals surface area contributed by atoms with Gasteiger partial charge in [0, 0.05) is 44.4 Å². The van der Waals surface area contributed by atoms with Gasteiger partial charge in [-0.25, -0.2) is 4.79 Å². The van der Waals surface area contributed by atoms with Crippen LogP contribution in [0.3, 0.4) is 0 Å². The molecule has 33 heavy (non-hydrogen) atoms. The van der Waals surface area contributed by atoms with Crippen molar-refractivity contribution in [3.8, 4) is 6.07 Å². The normalized spacial score (nSPS) is 14.7. The predicted octanol–water partition coefficient (Wildman–Crippen LogP) is 3.63. The molecule has 0 spiro atoms. The van der Waals surface area contributed by atoms with Crippen LogP contribution in [0.15, 0.2) is 18.2 Å². The Morgan fingerprint density at radius 2 is 2.00 bits per heavy atom. The van der Waals surface area contributed by atoms with Gasteiger partial charge in [-0.2, -0.15) is 18.4 Å². The molecule has 0 amide bonds. The van der Waals surface area contributed by atoms with E-state index in [2.05, 4.69) is 0 Å². The molecule has 1 aliphatic rings. The number of piperazine rings is 1. The monoisotopic (exact) mass is 483 g/mol. The minimum Gasteiger partial charge on any atom is -0.462 e. The quantitative estimate of drug-likeness (QED) is 0.375. The second kappa shape index (κ2) is 9.63. The van der Waals surface area contributed by atoms with Crippen molar-refractivity contribution in [3.63, 3.8) is 0 Å². The number of nitrogens with zero attached hydrogens (tertiary/aromatic N) is 4. The Kier molecular flexibility index (Phi) is 7.09. The molecule has 1 saturated heterocycles. The average Bonchev–Trinajstić information content (AvgIpc) is 3.08. The number of rotatable bonds is 6. The van der Waals surface area contributed by atoms with Crippen molar-refractivity contribution in [2.24, 2.45) is 0 Å². The van der Waals surface area contributed by atoms with Crippen LogP contribution in [0.1, 0.15) is 33.3 Å². The van der Waals surface area contributed by atoms with Gasteiger partial charge in [0.25, 0.3) is 5.69 Å². The lowest BCUT2D eigenvalue weighted by molar-refractivity contribution is -0.384. The molecular formula is C20H20F3N5O4S. The number of anilines is 2. The van der Waals surface area contributed by atoms with Crippen LogP contribution in [0.5, 0.6) is 0 Å². The molecule has 13 heteroatoms. The molecule has 1 fully saturated rings. The van der Waals surface area contributed by atoms with Gasteiger partial charge in [0.05, 0.1) is 22.7 Å². The number of nitro benzene ring substituents is 1. The van der Waals surface area contributed by atoms with Crippen LogP contribution in [0.2, 0.25) is 0 Å². The minimum atomic E-state index is -4.68. The third-order valence-electron chi connectivity index (χ3n) is 5.20. The SMILES string of the molecule is CCOC(=O)c1sc(N)c(C#N)c1CN1CCN(c2ccc(C(F)(F)F)cc2[N+](=O)[O-])CC1. The smallest absolute Gasteiger partial charge is 0.416 e. The fourth-order valence-corrected chi connectivity index (χ4v) is 4.53. The lowest BCUT2D eigenvalue weighted by Crippen LogP contribution is -2.46. The molecule has 9 nitrogen and oxygen atoms in total. The van der Waals surface area contributed by atoms with E-state index in [9.17, 15) is 33.3 Å². The van der Waals surface area contributed by atoms with Crippen molar-refractivity contribution in [3.05, 3.63) is 49.9 Å².